The predicted molar refractivity (Wildman–Crippen MR) is 73.0 cm³/mol. The molecule has 0 amide bonds. The van der Waals surface area contributed by atoms with E-state index < -0.39 is 0 Å². The molecule has 0 fully saturated rings. The quantitative estimate of drug-likeness (QED) is 0.519. The SMILES string of the molecule is CCCCCPc1c(C)cc(C)cc1C. The third-order valence-electron chi connectivity index (χ3n) is 2.76. The van der Waals surface area contributed by atoms with E-state index in [9.17, 15) is 0 Å². The Hall–Kier alpha value is -0.350. The van der Waals surface area contributed by atoms with E-state index in [2.05, 4.69) is 39.8 Å². The molecule has 0 aliphatic carbocycles. The molecule has 0 heterocycles. The standard InChI is InChI=1S/C14H23P/c1-5-6-7-8-15-14-12(3)9-11(2)10-13(14)4/h9-10,15H,5-8H2,1-4H3. The van der Waals surface area contributed by atoms with Crippen molar-refractivity contribution in [1.82, 2.24) is 0 Å². The van der Waals surface area contributed by atoms with Crippen molar-refractivity contribution in [3.63, 3.8) is 0 Å². The predicted octanol–water partition coefficient (Wildman–Crippen LogP) is 4.11. The zero-order valence-electron chi connectivity index (χ0n) is 10.5. The minimum absolute atomic E-state index is 1.01. The first-order chi connectivity index (χ1) is 7.15. The molecule has 15 heavy (non-hydrogen) atoms. The Bertz CT molecular complexity index is 292. The van der Waals surface area contributed by atoms with Crippen LogP contribution in [-0.4, -0.2) is 6.16 Å². The van der Waals surface area contributed by atoms with Gasteiger partial charge in [0, 0.05) is 0 Å². The Labute approximate surface area is 96.3 Å². The van der Waals surface area contributed by atoms with E-state index in [0.29, 0.717) is 0 Å². The molecular formula is C14H23P. The van der Waals surface area contributed by atoms with E-state index in [-0.39, 0.29) is 0 Å². The number of unbranched alkanes of at least 4 members (excludes halogenated alkanes) is 2. The number of rotatable bonds is 5. The van der Waals surface area contributed by atoms with E-state index in [1.165, 1.54) is 42.1 Å². The highest BCUT2D eigenvalue weighted by atomic mass is 31.1. The molecule has 0 bridgehead atoms. The molecule has 0 saturated carbocycles. The highest BCUT2D eigenvalue weighted by Crippen LogP contribution is 2.19. The smallest absolute Gasteiger partial charge is 0.0213 e. The highest BCUT2D eigenvalue weighted by Gasteiger charge is 2.02. The van der Waals surface area contributed by atoms with Crippen molar-refractivity contribution in [2.45, 2.75) is 47.0 Å². The first kappa shape index (κ1) is 12.7. The number of hydrogen-bond acceptors (Lipinski definition) is 0. The lowest BCUT2D eigenvalue weighted by Crippen LogP contribution is -2.06. The average molecular weight is 222 g/mol. The van der Waals surface area contributed by atoms with Gasteiger partial charge >= 0.3 is 0 Å². The van der Waals surface area contributed by atoms with E-state index >= 15 is 0 Å². The minimum Gasteiger partial charge on any atom is -0.0898 e. The topological polar surface area (TPSA) is 0 Å². The van der Waals surface area contributed by atoms with Gasteiger partial charge in [0.1, 0.15) is 0 Å². The van der Waals surface area contributed by atoms with Crippen LogP contribution in [-0.2, 0) is 0 Å². The molecule has 0 spiro atoms. The Morgan fingerprint density at radius 2 is 1.60 bits per heavy atom. The van der Waals surface area contributed by atoms with Gasteiger partial charge in [0.25, 0.3) is 0 Å². The van der Waals surface area contributed by atoms with Crippen molar-refractivity contribution in [3.8, 4) is 0 Å². The van der Waals surface area contributed by atoms with Gasteiger partial charge in [0.05, 0.1) is 0 Å². The van der Waals surface area contributed by atoms with Gasteiger partial charge in [-0.1, -0.05) is 46.0 Å². The van der Waals surface area contributed by atoms with Gasteiger partial charge in [-0.2, -0.15) is 0 Å². The van der Waals surface area contributed by atoms with Crippen molar-refractivity contribution in [1.29, 1.82) is 0 Å². The maximum absolute atomic E-state index is 2.31. The van der Waals surface area contributed by atoms with Gasteiger partial charge in [-0.05, 0) is 49.8 Å². The number of hydrogen-bond donors (Lipinski definition) is 0. The number of aryl methyl sites for hydroxylation is 3. The molecule has 0 aromatic heterocycles. The summed E-state index contributed by atoms with van der Waals surface area (Å²) in [5.74, 6) is 0. The summed E-state index contributed by atoms with van der Waals surface area (Å²) in [6, 6.07) is 4.63. The second kappa shape index (κ2) is 6.28. The van der Waals surface area contributed by atoms with Crippen LogP contribution < -0.4 is 5.30 Å². The van der Waals surface area contributed by atoms with E-state index in [0.717, 1.165) is 8.58 Å². The maximum atomic E-state index is 2.31. The summed E-state index contributed by atoms with van der Waals surface area (Å²) in [6.07, 6.45) is 5.48. The summed E-state index contributed by atoms with van der Waals surface area (Å²) >= 11 is 0. The molecule has 1 aromatic carbocycles. The van der Waals surface area contributed by atoms with Crippen LogP contribution in [0.4, 0.5) is 0 Å². The fourth-order valence-corrected chi connectivity index (χ4v) is 3.43. The third-order valence-corrected chi connectivity index (χ3v) is 4.50. The van der Waals surface area contributed by atoms with Crippen LogP contribution in [0.15, 0.2) is 12.1 Å². The summed E-state index contributed by atoms with van der Waals surface area (Å²) in [7, 11) is 1.01. The second-order valence-corrected chi connectivity index (χ2v) is 5.76. The van der Waals surface area contributed by atoms with E-state index in [4.69, 9.17) is 0 Å². The highest BCUT2D eigenvalue weighted by molar-refractivity contribution is 7.47. The molecule has 0 aliphatic rings. The van der Waals surface area contributed by atoms with Crippen molar-refractivity contribution in [3.05, 3.63) is 28.8 Å². The van der Waals surface area contributed by atoms with Crippen LogP contribution in [0.5, 0.6) is 0 Å². The summed E-state index contributed by atoms with van der Waals surface area (Å²) in [5.41, 5.74) is 4.37. The van der Waals surface area contributed by atoms with Crippen LogP contribution in [0.1, 0.15) is 42.9 Å². The van der Waals surface area contributed by atoms with E-state index in [1.807, 2.05) is 0 Å². The van der Waals surface area contributed by atoms with Crippen molar-refractivity contribution < 1.29 is 0 Å². The van der Waals surface area contributed by atoms with Gasteiger partial charge in [-0.15, -0.1) is 0 Å². The van der Waals surface area contributed by atoms with Crippen LogP contribution in [0.3, 0.4) is 0 Å². The Kier molecular flexibility index (Phi) is 5.32. The summed E-state index contributed by atoms with van der Waals surface area (Å²) in [4.78, 5) is 0. The molecule has 0 aliphatic heterocycles. The van der Waals surface area contributed by atoms with E-state index in [1.54, 1.807) is 5.30 Å². The normalized spacial score (nSPS) is 11.5. The molecule has 84 valence electrons. The minimum atomic E-state index is 1.01. The van der Waals surface area contributed by atoms with Crippen LogP contribution >= 0.6 is 8.58 Å². The van der Waals surface area contributed by atoms with Gasteiger partial charge < -0.3 is 0 Å². The van der Waals surface area contributed by atoms with Gasteiger partial charge in [-0.25, -0.2) is 0 Å². The van der Waals surface area contributed by atoms with Gasteiger partial charge in [0.2, 0.25) is 0 Å². The Morgan fingerprint density at radius 3 is 2.13 bits per heavy atom. The molecular weight excluding hydrogens is 199 g/mol. The third kappa shape index (κ3) is 3.95. The molecule has 1 rings (SSSR count). The average Bonchev–Trinajstić information content (AvgIpc) is 2.15. The lowest BCUT2D eigenvalue weighted by molar-refractivity contribution is 0.778. The molecule has 0 N–H and O–H groups in total. The largest absolute Gasteiger partial charge is 0.0898 e. The van der Waals surface area contributed by atoms with Crippen molar-refractivity contribution in [2.24, 2.45) is 0 Å². The molecule has 0 nitrogen and oxygen atoms in total. The van der Waals surface area contributed by atoms with Crippen LogP contribution in [0.2, 0.25) is 0 Å². The fourth-order valence-electron chi connectivity index (χ4n) is 2.05. The lowest BCUT2D eigenvalue weighted by atomic mass is 10.1. The van der Waals surface area contributed by atoms with Crippen LogP contribution in [0.25, 0.3) is 0 Å². The molecule has 1 unspecified atom stereocenters. The number of benzene rings is 1. The van der Waals surface area contributed by atoms with Crippen molar-refractivity contribution in [2.75, 3.05) is 6.16 Å². The van der Waals surface area contributed by atoms with Gasteiger partial charge in [-0.3, -0.25) is 0 Å². The molecule has 1 heteroatoms. The monoisotopic (exact) mass is 222 g/mol. The molecule has 1 atom stereocenters. The fraction of sp³-hybridized carbons (Fsp3) is 0.571. The Balaban J connectivity index is 2.60. The first-order valence-electron chi connectivity index (χ1n) is 5.97. The zero-order chi connectivity index (χ0) is 11.3. The lowest BCUT2D eigenvalue weighted by Gasteiger charge is -2.11. The van der Waals surface area contributed by atoms with Crippen LogP contribution in [0, 0.1) is 20.8 Å². The molecule has 1 aromatic rings. The zero-order valence-corrected chi connectivity index (χ0v) is 11.5. The molecule has 0 radical (unpaired) electrons. The van der Waals surface area contributed by atoms with Crippen molar-refractivity contribution >= 4 is 13.9 Å². The first-order valence-corrected chi connectivity index (χ1v) is 7.17. The summed E-state index contributed by atoms with van der Waals surface area (Å²) in [6.45, 7) is 8.96. The maximum Gasteiger partial charge on any atom is -0.0213 e. The second-order valence-electron chi connectivity index (χ2n) is 4.41. The summed E-state index contributed by atoms with van der Waals surface area (Å²) < 4.78 is 0. The van der Waals surface area contributed by atoms with Gasteiger partial charge in [0.15, 0.2) is 0 Å². The molecule has 0 saturated heterocycles. The summed E-state index contributed by atoms with van der Waals surface area (Å²) in [5, 5.41) is 1.61. The Morgan fingerprint density at radius 1 is 1.00 bits per heavy atom.